The van der Waals surface area contributed by atoms with E-state index in [1.807, 2.05) is 0 Å². The van der Waals surface area contributed by atoms with Crippen molar-refractivity contribution in [3.63, 3.8) is 0 Å². The summed E-state index contributed by atoms with van der Waals surface area (Å²) < 4.78 is 5.73. The van der Waals surface area contributed by atoms with Gasteiger partial charge in [-0.2, -0.15) is 4.98 Å². The first-order chi connectivity index (χ1) is 17.0. The summed E-state index contributed by atoms with van der Waals surface area (Å²) in [5.74, 6) is 2.65. The van der Waals surface area contributed by atoms with E-state index in [1.165, 1.54) is 40.7 Å². The summed E-state index contributed by atoms with van der Waals surface area (Å²) in [4.78, 5) is 4.79. The van der Waals surface area contributed by atoms with Gasteiger partial charge in [0.25, 0.3) is 5.89 Å². The Bertz CT molecular complexity index is 1390. The van der Waals surface area contributed by atoms with Crippen LogP contribution in [0.3, 0.4) is 0 Å². The monoisotopic (exact) mass is 460 g/mol. The molecule has 0 N–H and O–H groups in total. The Morgan fingerprint density at radius 2 is 1.69 bits per heavy atom. The van der Waals surface area contributed by atoms with Gasteiger partial charge in [-0.05, 0) is 83.0 Å². The molecule has 3 nitrogen and oxygen atoms in total. The number of aromatic nitrogens is 2. The molecule has 0 aliphatic heterocycles. The zero-order valence-corrected chi connectivity index (χ0v) is 20.8. The number of hydrogen-bond donors (Lipinski definition) is 0. The summed E-state index contributed by atoms with van der Waals surface area (Å²) in [5.41, 5.74) is 8.83. The van der Waals surface area contributed by atoms with Crippen molar-refractivity contribution < 1.29 is 4.52 Å². The summed E-state index contributed by atoms with van der Waals surface area (Å²) in [6.07, 6.45) is 9.36. The van der Waals surface area contributed by atoms with Crippen molar-refractivity contribution in [2.75, 3.05) is 0 Å². The molecule has 1 heterocycles. The SMILES string of the molecule is CC(C)(C)c1cc(-c2noc(-c3ccc4c(c3)C=CC4C3CC3)n2)ccc1CCc1ccccc1. The molecular weight excluding hydrogens is 428 g/mol. The van der Waals surface area contributed by atoms with Crippen LogP contribution in [0.1, 0.15) is 67.3 Å². The fraction of sp³-hybridized carbons (Fsp3) is 0.312. The van der Waals surface area contributed by atoms with Crippen LogP contribution in [0.25, 0.3) is 28.9 Å². The van der Waals surface area contributed by atoms with Crippen LogP contribution in [0.5, 0.6) is 0 Å². The summed E-state index contributed by atoms with van der Waals surface area (Å²) in [6.45, 7) is 6.81. The van der Waals surface area contributed by atoms with E-state index < -0.39 is 0 Å². The normalized spacial score (nSPS) is 17.1. The van der Waals surface area contributed by atoms with Crippen LogP contribution in [0.2, 0.25) is 0 Å². The van der Waals surface area contributed by atoms with Crippen molar-refractivity contribution in [3.8, 4) is 22.8 Å². The Labute approximate surface area is 207 Å². The van der Waals surface area contributed by atoms with Gasteiger partial charge in [-0.15, -0.1) is 0 Å². The smallest absolute Gasteiger partial charge is 0.258 e. The van der Waals surface area contributed by atoms with Gasteiger partial charge in [0.1, 0.15) is 0 Å². The van der Waals surface area contributed by atoms with Crippen molar-refractivity contribution >= 4 is 6.08 Å². The molecule has 0 radical (unpaired) electrons. The standard InChI is InChI=1S/C32H32N2O/c1-32(2,3)29-20-25(14-13-23(29)10-9-21-7-5-4-6-8-21)30-33-31(35-34-30)26-16-18-28-24(19-26)15-17-27(28)22-11-12-22/h4-8,13-20,22,27H,9-12H2,1-3H3. The number of fused-ring (bicyclic) bond motifs is 1. The minimum absolute atomic E-state index is 0.0268. The van der Waals surface area contributed by atoms with Gasteiger partial charge in [0.15, 0.2) is 0 Å². The number of nitrogens with zero attached hydrogens (tertiary/aromatic N) is 2. The first kappa shape index (κ1) is 22.0. The van der Waals surface area contributed by atoms with E-state index in [1.54, 1.807) is 0 Å². The second-order valence-electron chi connectivity index (χ2n) is 11.1. The van der Waals surface area contributed by atoms with Gasteiger partial charge >= 0.3 is 0 Å². The van der Waals surface area contributed by atoms with Crippen molar-refractivity contribution in [2.24, 2.45) is 5.92 Å². The topological polar surface area (TPSA) is 38.9 Å². The molecule has 0 amide bonds. The number of hydrogen-bond acceptors (Lipinski definition) is 3. The zero-order valence-electron chi connectivity index (χ0n) is 20.8. The highest BCUT2D eigenvalue weighted by molar-refractivity contribution is 5.70. The van der Waals surface area contributed by atoms with E-state index in [0.29, 0.717) is 17.6 Å². The molecule has 35 heavy (non-hydrogen) atoms. The lowest BCUT2D eigenvalue weighted by Crippen LogP contribution is -2.15. The minimum atomic E-state index is 0.0268. The molecule has 3 aromatic carbocycles. The van der Waals surface area contributed by atoms with Crippen LogP contribution >= 0.6 is 0 Å². The van der Waals surface area contributed by atoms with Gasteiger partial charge in [0.05, 0.1) is 0 Å². The molecule has 1 unspecified atom stereocenters. The first-order valence-electron chi connectivity index (χ1n) is 12.8. The highest BCUT2D eigenvalue weighted by Crippen LogP contribution is 2.48. The predicted octanol–water partition coefficient (Wildman–Crippen LogP) is 8.01. The molecule has 0 spiro atoms. The van der Waals surface area contributed by atoms with Gasteiger partial charge in [-0.3, -0.25) is 0 Å². The van der Waals surface area contributed by atoms with E-state index in [-0.39, 0.29) is 5.41 Å². The lowest BCUT2D eigenvalue weighted by Gasteiger charge is -2.24. The van der Waals surface area contributed by atoms with Crippen LogP contribution in [0.4, 0.5) is 0 Å². The maximum absolute atomic E-state index is 5.73. The van der Waals surface area contributed by atoms with Crippen LogP contribution in [-0.4, -0.2) is 10.1 Å². The molecule has 1 atom stereocenters. The fourth-order valence-corrected chi connectivity index (χ4v) is 5.35. The van der Waals surface area contributed by atoms with E-state index in [2.05, 4.69) is 105 Å². The largest absolute Gasteiger partial charge is 0.334 e. The molecule has 0 saturated heterocycles. The molecule has 3 heteroatoms. The van der Waals surface area contributed by atoms with Crippen molar-refractivity contribution in [1.82, 2.24) is 10.1 Å². The minimum Gasteiger partial charge on any atom is -0.334 e. The Hall–Kier alpha value is -3.46. The number of rotatable bonds is 6. The number of benzene rings is 3. The van der Waals surface area contributed by atoms with Crippen molar-refractivity contribution in [2.45, 2.75) is 57.8 Å². The van der Waals surface area contributed by atoms with Gasteiger partial charge < -0.3 is 4.52 Å². The Morgan fingerprint density at radius 3 is 2.46 bits per heavy atom. The van der Waals surface area contributed by atoms with Gasteiger partial charge in [0, 0.05) is 17.0 Å². The average molecular weight is 461 g/mol. The Kier molecular flexibility index (Phi) is 5.44. The van der Waals surface area contributed by atoms with Gasteiger partial charge in [-0.1, -0.05) is 86.6 Å². The summed E-state index contributed by atoms with van der Waals surface area (Å²) in [5, 5.41) is 4.35. The highest BCUT2D eigenvalue weighted by atomic mass is 16.5. The van der Waals surface area contributed by atoms with Crippen LogP contribution < -0.4 is 0 Å². The molecule has 1 aromatic heterocycles. The maximum atomic E-state index is 5.73. The van der Waals surface area contributed by atoms with Crippen molar-refractivity contribution in [3.05, 3.63) is 101 Å². The quantitative estimate of drug-likeness (QED) is 0.292. The molecule has 0 bridgehead atoms. The molecule has 176 valence electrons. The molecule has 6 rings (SSSR count). The van der Waals surface area contributed by atoms with Gasteiger partial charge in [-0.25, -0.2) is 0 Å². The third-order valence-corrected chi connectivity index (χ3v) is 7.43. The molecule has 1 fully saturated rings. The molecular formula is C32H32N2O. The van der Waals surface area contributed by atoms with Crippen LogP contribution in [0.15, 0.2) is 77.3 Å². The van der Waals surface area contributed by atoms with Crippen molar-refractivity contribution in [1.29, 1.82) is 0 Å². The third-order valence-electron chi connectivity index (χ3n) is 7.43. The molecule has 4 aromatic rings. The first-order valence-corrected chi connectivity index (χ1v) is 12.8. The Balaban J connectivity index is 1.26. The Morgan fingerprint density at radius 1 is 0.886 bits per heavy atom. The van der Waals surface area contributed by atoms with E-state index >= 15 is 0 Å². The lowest BCUT2D eigenvalue weighted by molar-refractivity contribution is 0.432. The average Bonchev–Trinajstić information content (AvgIpc) is 3.42. The van der Waals surface area contributed by atoms with Crippen LogP contribution in [0, 0.1) is 5.92 Å². The third kappa shape index (κ3) is 4.48. The fourth-order valence-electron chi connectivity index (χ4n) is 5.35. The van der Waals surface area contributed by atoms with Crippen LogP contribution in [-0.2, 0) is 18.3 Å². The van der Waals surface area contributed by atoms with E-state index in [0.717, 1.165) is 29.9 Å². The predicted molar refractivity (Wildman–Crippen MR) is 142 cm³/mol. The zero-order chi connectivity index (χ0) is 24.0. The molecule has 2 aliphatic carbocycles. The second-order valence-corrected chi connectivity index (χ2v) is 11.1. The number of allylic oxidation sites excluding steroid dienone is 1. The molecule has 1 saturated carbocycles. The highest BCUT2D eigenvalue weighted by Gasteiger charge is 2.33. The summed E-state index contributed by atoms with van der Waals surface area (Å²) in [6, 6.07) is 23.9. The van der Waals surface area contributed by atoms with Gasteiger partial charge in [0.2, 0.25) is 5.82 Å². The van der Waals surface area contributed by atoms with E-state index in [4.69, 9.17) is 9.51 Å². The summed E-state index contributed by atoms with van der Waals surface area (Å²) in [7, 11) is 0. The number of aryl methyl sites for hydroxylation is 2. The molecule has 2 aliphatic rings. The maximum Gasteiger partial charge on any atom is 0.258 e. The summed E-state index contributed by atoms with van der Waals surface area (Å²) >= 11 is 0. The second kappa shape index (κ2) is 8.64. The lowest BCUT2D eigenvalue weighted by atomic mass is 9.81. The van der Waals surface area contributed by atoms with E-state index in [9.17, 15) is 0 Å².